The Balaban J connectivity index is 2.08. The summed E-state index contributed by atoms with van der Waals surface area (Å²) in [6, 6.07) is 2.07. The Hall–Kier alpha value is -1.12. The van der Waals surface area contributed by atoms with Gasteiger partial charge in [-0.05, 0) is 25.3 Å². The largest absolute Gasteiger partial charge is 0.299 e. The second-order valence-corrected chi connectivity index (χ2v) is 5.83. The number of nitrogens with zero attached hydrogens (tertiary/aromatic N) is 2. The first kappa shape index (κ1) is 13.3. The normalized spacial score (nSPS) is 18.8. The predicted octanol–water partition coefficient (Wildman–Crippen LogP) is 3.06. The third-order valence-electron chi connectivity index (χ3n) is 4.36. The molecule has 0 radical (unpaired) electrons. The molecule has 0 aliphatic heterocycles. The van der Waals surface area contributed by atoms with Gasteiger partial charge >= 0.3 is 0 Å². The Kier molecular flexibility index (Phi) is 3.88. The lowest BCUT2D eigenvalue weighted by atomic mass is 9.72. The van der Waals surface area contributed by atoms with E-state index in [1.54, 1.807) is 0 Å². The number of rotatable bonds is 4. The first-order valence-electron chi connectivity index (χ1n) is 7.10. The summed E-state index contributed by atoms with van der Waals surface area (Å²) in [7, 11) is 1.94. The van der Waals surface area contributed by atoms with Gasteiger partial charge in [-0.15, -0.1) is 0 Å². The lowest BCUT2D eigenvalue weighted by Crippen LogP contribution is -2.32. The average molecular weight is 248 g/mol. The molecule has 1 heterocycles. The van der Waals surface area contributed by atoms with Gasteiger partial charge in [0, 0.05) is 24.6 Å². The lowest BCUT2D eigenvalue weighted by Gasteiger charge is -2.32. The summed E-state index contributed by atoms with van der Waals surface area (Å²) in [5.74, 6) is 0.396. The van der Waals surface area contributed by atoms with Crippen LogP contribution in [0.4, 0.5) is 0 Å². The highest BCUT2D eigenvalue weighted by Crippen LogP contribution is 2.37. The van der Waals surface area contributed by atoms with Crippen molar-refractivity contribution in [3.63, 3.8) is 0 Å². The molecule has 0 atom stereocenters. The zero-order valence-electron chi connectivity index (χ0n) is 11.8. The molecule has 1 aromatic heterocycles. The minimum atomic E-state index is -0.0884. The molecule has 1 aliphatic carbocycles. The van der Waals surface area contributed by atoms with Gasteiger partial charge in [0.05, 0.1) is 5.69 Å². The van der Waals surface area contributed by atoms with E-state index in [-0.39, 0.29) is 5.41 Å². The number of hydrogen-bond donors (Lipinski definition) is 0. The number of aryl methyl sites for hydroxylation is 2. The Labute approximate surface area is 110 Å². The third-order valence-corrected chi connectivity index (χ3v) is 4.36. The number of hydrogen-bond acceptors (Lipinski definition) is 2. The fourth-order valence-electron chi connectivity index (χ4n) is 2.90. The summed E-state index contributed by atoms with van der Waals surface area (Å²) >= 11 is 0. The van der Waals surface area contributed by atoms with E-state index >= 15 is 0 Å². The molecule has 100 valence electrons. The SMILES string of the molecule is CCc1cc(CC(=O)C2(C)CCCCC2)n(C)n1. The summed E-state index contributed by atoms with van der Waals surface area (Å²) in [6.45, 7) is 4.24. The lowest BCUT2D eigenvalue weighted by molar-refractivity contribution is -0.129. The van der Waals surface area contributed by atoms with Crippen LogP contribution in [0.3, 0.4) is 0 Å². The Morgan fingerprint density at radius 1 is 1.39 bits per heavy atom. The number of carbonyl (C=O) groups is 1. The summed E-state index contributed by atoms with van der Waals surface area (Å²) in [5.41, 5.74) is 2.05. The predicted molar refractivity (Wildman–Crippen MR) is 72.5 cm³/mol. The van der Waals surface area contributed by atoms with Gasteiger partial charge in [0.15, 0.2) is 0 Å². The van der Waals surface area contributed by atoms with Crippen LogP contribution in [-0.4, -0.2) is 15.6 Å². The number of ketones is 1. The van der Waals surface area contributed by atoms with Gasteiger partial charge in [-0.3, -0.25) is 9.48 Å². The molecular weight excluding hydrogens is 224 g/mol. The number of carbonyl (C=O) groups excluding carboxylic acids is 1. The Morgan fingerprint density at radius 3 is 2.61 bits per heavy atom. The fourth-order valence-corrected chi connectivity index (χ4v) is 2.90. The molecular formula is C15H24N2O. The summed E-state index contributed by atoms with van der Waals surface area (Å²) in [5, 5.41) is 4.41. The topological polar surface area (TPSA) is 34.9 Å². The molecule has 0 amide bonds. The van der Waals surface area contributed by atoms with Crippen LogP contribution in [0.1, 0.15) is 57.3 Å². The van der Waals surface area contributed by atoms with Crippen LogP contribution in [0.5, 0.6) is 0 Å². The zero-order chi connectivity index (χ0) is 13.2. The van der Waals surface area contributed by atoms with Crippen molar-refractivity contribution in [3.8, 4) is 0 Å². The highest BCUT2D eigenvalue weighted by atomic mass is 16.1. The van der Waals surface area contributed by atoms with Crippen LogP contribution in [-0.2, 0) is 24.7 Å². The van der Waals surface area contributed by atoms with Gasteiger partial charge in [-0.25, -0.2) is 0 Å². The standard InChI is InChI=1S/C15H24N2O/c1-4-12-10-13(17(3)16-12)11-14(18)15(2)8-6-5-7-9-15/h10H,4-9,11H2,1-3H3. The smallest absolute Gasteiger partial charge is 0.144 e. The van der Waals surface area contributed by atoms with Crippen molar-refractivity contribution in [1.29, 1.82) is 0 Å². The first-order chi connectivity index (χ1) is 8.55. The van der Waals surface area contributed by atoms with Gasteiger partial charge in [0.2, 0.25) is 0 Å². The first-order valence-corrected chi connectivity index (χ1v) is 7.10. The van der Waals surface area contributed by atoms with Gasteiger partial charge < -0.3 is 0 Å². The zero-order valence-corrected chi connectivity index (χ0v) is 11.8. The molecule has 1 aliphatic rings. The van der Waals surface area contributed by atoms with E-state index < -0.39 is 0 Å². The van der Waals surface area contributed by atoms with Crippen LogP contribution < -0.4 is 0 Å². The van der Waals surface area contributed by atoms with E-state index in [0.29, 0.717) is 12.2 Å². The van der Waals surface area contributed by atoms with Crippen molar-refractivity contribution in [2.45, 2.75) is 58.8 Å². The molecule has 0 aromatic carbocycles. The highest BCUT2D eigenvalue weighted by molar-refractivity contribution is 5.86. The van der Waals surface area contributed by atoms with Crippen molar-refractivity contribution >= 4 is 5.78 Å². The maximum atomic E-state index is 12.5. The maximum absolute atomic E-state index is 12.5. The third kappa shape index (κ3) is 2.65. The quantitative estimate of drug-likeness (QED) is 0.820. The minimum absolute atomic E-state index is 0.0884. The van der Waals surface area contributed by atoms with E-state index in [4.69, 9.17) is 0 Å². The van der Waals surface area contributed by atoms with E-state index in [1.807, 2.05) is 11.7 Å². The van der Waals surface area contributed by atoms with E-state index in [1.165, 1.54) is 19.3 Å². The number of aromatic nitrogens is 2. The molecule has 3 nitrogen and oxygen atoms in total. The number of Topliss-reactive ketones (excluding diaryl/α,β-unsaturated/α-hetero) is 1. The van der Waals surface area contributed by atoms with Gasteiger partial charge in [0.1, 0.15) is 5.78 Å². The molecule has 0 unspecified atom stereocenters. The van der Waals surface area contributed by atoms with Crippen molar-refractivity contribution in [1.82, 2.24) is 9.78 Å². The van der Waals surface area contributed by atoms with E-state index in [2.05, 4.69) is 25.0 Å². The molecule has 0 bridgehead atoms. The second kappa shape index (κ2) is 5.25. The van der Waals surface area contributed by atoms with Crippen LogP contribution >= 0.6 is 0 Å². The molecule has 2 rings (SSSR count). The highest BCUT2D eigenvalue weighted by Gasteiger charge is 2.34. The molecule has 3 heteroatoms. The Morgan fingerprint density at radius 2 is 2.06 bits per heavy atom. The summed E-state index contributed by atoms with van der Waals surface area (Å²) in [6.07, 6.45) is 7.28. The Bertz CT molecular complexity index is 428. The van der Waals surface area contributed by atoms with Crippen molar-refractivity contribution in [2.75, 3.05) is 0 Å². The van der Waals surface area contributed by atoms with Gasteiger partial charge in [0.25, 0.3) is 0 Å². The van der Waals surface area contributed by atoms with Crippen LogP contribution in [0.15, 0.2) is 6.07 Å². The average Bonchev–Trinajstić information content (AvgIpc) is 2.71. The van der Waals surface area contributed by atoms with E-state index in [9.17, 15) is 4.79 Å². The van der Waals surface area contributed by atoms with Crippen molar-refractivity contribution in [2.24, 2.45) is 12.5 Å². The molecule has 1 fully saturated rings. The molecule has 0 N–H and O–H groups in total. The summed E-state index contributed by atoms with van der Waals surface area (Å²) in [4.78, 5) is 12.5. The van der Waals surface area contributed by atoms with Crippen LogP contribution in [0.2, 0.25) is 0 Å². The van der Waals surface area contributed by atoms with E-state index in [0.717, 1.165) is 30.7 Å². The van der Waals surface area contributed by atoms with Crippen molar-refractivity contribution < 1.29 is 4.79 Å². The van der Waals surface area contributed by atoms with Gasteiger partial charge in [-0.1, -0.05) is 33.1 Å². The van der Waals surface area contributed by atoms with Crippen molar-refractivity contribution in [3.05, 3.63) is 17.5 Å². The second-order valence-electron chi connectivity index (χ2n) is 5.83. The van der Waals surface area contributed by atoms with Crippen LogP contribution in [0.25, 0.3) is 0 Å². The molecule has 1 saturated carbocycles. The van der Waals surface area contributed by atoms with Gasteiger partial charge in [-0.2, -0.15) is 5.10 Å². The fraction of sp³-hybridized carbons (Fsp3) is 0.733. The molecule has 1 aromatic rings. The minimum Gasteiger partial charge on any atom is -0.299 e. The molecule has 0 saturated heterocycles. The monoisotopic (exact) mass is 248 g/mol. The molecule has 0 spiro atoms. The molecule has 18 heavy (non-hydrogen) atoms. The van der Waals surface area contributed by atoms with Crippen LogP contribution in [0, 0.1) is 5.41 Å². The maximum Gasteiger partial charge on any atom is 0.144 e. The summed E-state index contributed by atoms with van der Waals surface area (Å²) < 4.78 is 1.86.